The van der Waals surface area contributed by atoms with E-state index in [1.54, 1.807) is 42.5 Å². The third-order valence-electron chi connectivity index (χ3n) is 5.81. The van der Waals surface area contributed by atoms with Crippen LogP contribution in [-0.2, 0) is 0 Å². The molecule has 146 valence electrons. The third-order valence-corrected chi connectivity index (χ3v) is 5.81. The van der Waals surface area contributed by atoms with E-state index in [-0.39, 0.29) is 11.1 Å². The molecule has 0 N–H and O–H groups in total. The highest BCUT2D eigenvalue weighted by atomic mass is 15.0. The maximum Gasteiger partial charge on any atom is 0.146 e. The summed E-state index contributed by atoms with van der Waals surface area (Å²) in [6.07, 6.45) is 0. The van der Waals surface area contributed by atoms with Crippen LogP contribution in [0.3, 0.4) is 0 Å². The lowest BCUT2D eigenvalue weighted by atomic mass is 9.99. The van der Waals surface area contributed by atoms with E-state index in [0.29, 0.717) is 32.9 Å². The molecule has 4 aromatic carbocycles. The van der Waals surface area contributed by atoms with E-state index in [1.165, 1.54) is 0 Å². The van der Waals surface area contributed by atoms with Crippen LogP contribution in [-0.4, -0.2) is 9.38 Å². The summed E-state index contributed by atoms with van der Waals surface area (Å²) in [5.74, 6) is 0. The summed E-state index contributed by atoms with van der Waals surface area (Å²) in [6.45, 7) is -4.75. The van der Waals surface area contributed by atoms with Crippen molar-refractivity contribution in [2.24, 2.45) is 0 Å². The van der Waals surface area contributed by atoms with Crippen LogP contribution in [0.1, 0.15) is 24.9 Å². The number of aromatic nitrogens is 2. The zero-order valence-corrected chi connectivity index (χ0v) is 16.3. The molecular formula is C28H19N3. The molecule has 0 aliphatic heterocycles. The molecule has 0 bridgehead atoms. The van der Waals surface area contributed by atoms with E-state index >= 15 is 0 Å². The molecule has 0 saturated heterocycles. The highest BCUT2D eigenvalue weighted by Crippen LogP contribution is 2.37. The van der Waals surface area contributed by atoms with Crippen LogP contribution in [0.2, 0.25) is 0 Å². The maximum absolute atomic E-state index is 9.21. The molecule has 0 saturated carbocycles. The van der Waals surface area contributed by atoms with E-state index in [4.69, 9.17) is 13.2 Å². The fourth-order valence-electron chi connectivity index (χ4n) is 4.46. The molecule has 0 amide bonds. The summed E-state index contributed by atoms with van der Waals surface area (Å²) < 4.78 is 50.4. The van der Waals surface area contributed by atoms with Gasteiger partial charge < -0.3 is 0 Å². The minimum atomic E-state index is -2.40. The van der Waals surface area contributed by atoms with Gasteiger partial charge in [0.1, 0.15) is 5.65 Å². The average Bonchev–Trinajstić information content (AvgIpc) is 3.27. The molecule has 6 aromatic rings. The van der Waals surface area contributed by atoms with Crippen molar-refractivity contribution >= 4 is 38.4 Å². The number of para-hydroxylation sites is 1. The number of hydrogen-bond donors (Lipinski definition) is 0. The number of nitriles is 1. The van der Waals surface area contributed by atoms with Crippen LogP contribution >= 0.6 is 0 Å². The Morgan fingerprint density at radius 1 is 0.903 bits per heavy atom. The molecule has 0 fully saturated rings. The Morgan fingerprint density at radius 3 is 2.58 bits per heavy atom. The number of rotatable bonds is 1. The van der Waals surface area contributed by atoms with Gasteiger partial charge in [0.2, 0.25) is 0 Å². The van der Waals surface area contributed by atoms with Crippen LogP contribution in [0, 0.1) is 25.0 Å². The van der Waals surface area contributed by atoms with Gasteiger partial charge in [-0.3, -0.25) is 4.40 Å². The monoisotopic (exact) mass is 403 g/mol. The van der Waals surface area contributed by atoms with Gasteiger partial charge >= 0.3 is 0 Å². The zero-order valence-electron chi connectivity index (χ0n) is 22.3. The standard InChI is InChI=1S/C28H19N3/c1-17-9-14-25-23(15-17)26-18(2)5-3-7-22(26)28-30-24-8-4-6-21(27(24)31(25)28)20-12-10-19(16-29)11-13-20/h3-15H,1-2H3/i1D3,2D3. The van der Waals surface area contributed by atoms with Crippen molar-refractivity contribution in [1.82, 2.24) is 9.38 Å². The van der Waals surface area contributed by atoms with E-state index in [1.807, 2.05) is 40.8 Å². The van der Waals surface area contributed by atoms with E-state index in [2.05, 4.69) is 6.07 Å². The maximum atomic E-state index is 9.21. The largest absolute Gasteiger partial charge is 0.291 e. The van der Waals surface area contributed by atoms with Crippen LogP contribution < -0.4 is 0 Å². The summed E-state index contributed by atoms with van der Waals surface area (Å²) in [7, 11) is 0. The highest BCUT2D eigenvalue weighted by Gasteiger charge is 2.17. The Hall–Kier alpha value is -4.16. The lowest BCUT2D eigenvalue weighted by Crippen LogP contribution is -1.94. The second kappa shape index (κ2) is 6.42. The summed E-state index contributed by atoms with van der Waals surface area (Å²) >= 11 is 0. The predicted molar refractivity (Wildman–Crippen MR) is 127 cm³/mol. The second-order valence-corrected chi connectivity index (χ2v) is 7.59. The highest BCUT2D eigenvalue weighted by molar-refractivity contribution is 6.16. The van der Waals surface area contributed by atoms with Gasteiger partial charge in [-0.15, -0.1) is 0 Å². The van der Waals surface area contributed by atoms with Gasteiger partial charge in [0.15, 0.2) is 0 Å². The van der Waals surface area contributed by atoms with Crippen molar-refractivity contribution in [3.8, 4) is 17.2 Å². The van der Waals surface area contributed by atoms with Gasteiger partial charge in [0, 0.05) is 24.6 Å². The van der Waals surface area contributed by atoms with Crippen LogP contribution in [0.15, 0.2) is 78.9 Å². The summed E-state index contributed by atoms with van der Waals surface area (Å²) in [4.78, 5) is 4.92. The van der Waals surface area contributed by atoms with Gasteiger partial charge in [-0.1, -0.05) is 54.1 Å². The Labute approximate surface area is 188 Å². The zero-order chi connectivity index (χ0) is 26.1. The summed E-state index contributed by atoms with van der Waals surface area (Å²) in [5.41, 5.74) is 5.42. The molecule has 31 heavy (non-hydrogen) atoms. The molecule has 3 nitrogen and oxygen atoms in total. The lowest BCUT2D eigenvalue weighted by molar-refractivity contribution is 1.31. The molecule has 6 rings (SSSR count). The molecule has 2 aromatic heterocycles. The molecule has 0 radical (unpaired) electrons. The molecule has 0 spiro atoms. The third kappa shape index (κ3) is 2.49. The molecule has 2 heterocycles. The number of benzene rings is 4. The van der Waals surface area contributed by atoms with Crippen LogP contribution in [0.4, 0.5) is 0 Å². The number of imidazole rings is 1. The van der Waals surface area contributed by atoms with Crippen molar-refractivity contribution < 1.29 is 8.22 Å². The molecule has 0 aliphatic rings. The topological polar surface area (TPSA) is 41.1 Å². The first-order valence-corrected chi connectivity index (χ1v) is 9.89. The Balaban J connectivity index is 1.85. The fourth-order valence-corrected chi connectivity index (χ4v) is 4.46. The predicted octanol–water partition coefficient (Wildman–Crippen LogP) is 6.95. The van der Waals surface area contributed by atoms with E-state index in [0.717, 1.165) is 22.2 Å². The van der Waals surface area contributed by atoms with Crippen LogP contribution in [0.25, 0.3) is 49.5 Å². The van der Waals surface area contributed by atoms with Gasteiger partial charge in [-0.2, -0.15) is 5.26 Å². The lowest BCUT2D eigenvalue weighted by Gasteiger charge is -2.13. The minimum Gasteiger partial charge on any atom is -0.291 e. The number of nitrogens with zero attached hydrogens (tertiary/aromatic N) is 3. The van der Waals surface area contributed by atoms with Crippen molar-refractivity contribution in [3.05, 3.63) is 95.6 Å². The average molecular weight is 404 g/mol. The van der Waals surface area contributed by atoms with Gasteiger partial charge in [0.25, 0.3) is 0 Å². The van der Waals surface area contributed by atoms with Crippen molar-refractivity contribution in [3.63, 3.8) is 0 Å². The first kappa shape index (κ1) is 12.5. The normalized spacial score (nSPS) is 15.2. The minimum absolute atomic E-state index is 0.137. The first-order chi connectivity index (χ1) is 17.6. The quantitative estimate of drug-likeness (QED) is 0.279. The first-order valence-electron chi connectivity index (χ1n) is 12.9. The molecule has 3 heteroatoms. The molecular weight excluding hydrogens is 378 g/mol. The number of pyridine rings is 1. The van der Waals surface area contributed by atoms with E-state index in [9.17, 15) is 5.26 Å². The SMILES string of the molecule is [2H]C([2H])([2H])c1ccc2c(c1)c1c(C([2H])([2H])[2H])cccc1c1nc3cccc(-c4ccc(C#N)cc4)c3n21. The van der Waals surface area contributed by atoms with Crippen molar-refractivity contribution in [2.45, 2.75) is 13.7 Å². The molecule has 0 unspecified atom stereocenters. The second-order valence-electron chi connectivity index (χ2n) is 7.59. The van der Waals surface area contributed by atoms with Crippen LogP contribution in [0.5, 0.6) is 0 Å². The Kier molecular flexibility index (Phi) is 2.59. The summed E-state index contributed by atoms with van der Waals surface area (Å²) in [6, 6.07) is 25.2. The van der Waals surface area contributed by atoms with Crippen molar-refractivity contribution in [2.75, 3.05) is 0 Å². The Morgan fingerprint density at radius 2 is 1.77 bits per heavy atom. The summed E-state index contributed by atoms with van der Waals surface area (Å²) in [5, 5.41) is 10.9. The molecule has 0 atom stereocenters. The number of fused-ring (bicyclic) bond motifs is 8. The Bertz CT molecular complexity index is 1910. The smallest absolute Gasteiger partial charge is 0.146 e. The number of hydrogen-bond acceptors (Lipinski definition) is 2. The van der Waals surface area contributed by atoms with E-state index < -0.39 is 13.7 Å². The van der Waals surface area contributed by atoms with Gasteiger partial charge in [-0.25, -0.2) is 4.98 Å². The fraction of sp³-hybridized carbons (Fsp3) is 0.0714. The van der Waals surface area contributed by atoms with Gasteiger partial charge in [0.05, 0.1) is 28.2 Å². The van der Waals surface area contributed by atoms with Gasteiger partial charge in [-0.05, 0) is 60.5 Å². The number of aryl methyl sites for hydroxylation is 2. The van der Waals surface area contributed by atoms with Crippen molar-refractivity contribution in [1.29, 1.82) is 5.26 Å². The molecule has 0 aliphatic carbocycles.